The van der Waals surface area contributed by atoms with E-state index in [1.54, 1.807) is 0 Å². The molecule has 8 heteroatoms. The van der Waals surface area contributed by atoms with Crippen LogP contribution in [0, 0.1) is 17.0 Å². The number of halogens is 2. The summed E-state index contributed by atoms with van der Waals surface area (Å²) in [5, 5.41) is 9.52. The van der Waals surface area contributed by atoms with Gasteiger partial charge in [0.15, 0.2) is 0 Å². The monoisotopic (exact) mass is 300 g/mol. The lowest BCUT2D eigenvalue weighted by Gasteiger charge is -2.22. The summed E-state index contributed by atoms with van der Waals surface area (Å²) < 4.78 is 31.2. The fourth-order valence-electron chi connectivity index (χ4n) is 1.56. The molecule has 0 atom stereocenters. The molecule has 0 aliphatic carbocycles. The molecule has 21 heavy (non-hydrogen) atoms. The van der Waals surface area contributed by atoms with Crippen molar-refractivity contribution in [2.45, 2.75) is 6.42 Å². The summed E-state index contributed by atoms with van der Waals surface area (Å²) in [6.45, 7) is 0.753. The quantitative estimate of drug-likeness (QED) is 0.529. The van der Waals surface area contributed by atoms with E-state index < -0.39 is 17.7 Å². The van der Waals surface area contributed by atoms with Crippen molar-refractivity contribution in [3.8, 4) is 0 Å². The van der Waals surface area contributed by atoms with E-state index in [2.05, 4.69) is 5.32 Å². The maximum Gasteiger partial charge on any atom is 0.322 e. The number of methoxy groups -OCH3 is 1. The first kappa shape index (κ1) is 16.8. The molecule has 0 aromatic heterocycles. The molecule has 0 heterocycles. The molecule has 116 valence electrons. The Balaban J connectivity index is 2.72. The molecule has 0 spiro atoms. The van der Waals surface area contributed by atoms with Gasteiger partial charge >= 0.3 is 6.03 Å². The number of carbonyl (C=O) groups excluding carboxylic acids is 1. The second-order valence-electron chi connectivity index (χ2n) is 4.31. The fraction of sp³-hybridized carbons (Fsp3) is 0.385. The van der Waals surface area contributed by atoms with Gasteiger partial charge < -0.3 is 20.7 Å². The number of anilines is 1. The second kappa shape index (κ2) is 8.15. The van der Waals surface area contributed by atoms with Gasteiger partial charge in [-0.1, -0.05) is 0 Å². The molecule has 0 radical (unpaired) electrons. The highest BCUT2D eigenvalue weighted by Gasteiger charge is 2.15. The van der Waals surface area contributed by atoms with Gasteiger partial charge in [0.05, 0.1) is 18.1 Å². The van der Waals surface area contributed by atoms with Crippen LogP contribution in [-0.4, -0.2) is 43.6 Å². The molecule has 0 aliphatic heterocycles. The first-order chi connectivity index (χ1) is 9.93. The third-order valence-corrected chi connectivity index (χ3v) is 2.68. The van der Waals surface area contributed by atoms with E-state index in [-0.39, 0.29) is 37.6 Å². The molecule has 0 unspecified atom stereocenters. The molecule has 0 bridgehead atoms. The fourth-order valence-corrected chi connectivity index (χ4v) is 1.56. The van der Waals surface area contributed by atoms with Crippen LogP contribution >= 0.6 is 0 Å². The van der Waals surface area contributed by atoms with Crippen LogP contribution in [0.5, 0.6) is 0 Å². The summed E-state index contributed by atoms with van der Waals surface area (Å²) in [6, 6.07) is 2.30. The van der Waals surface area contributed by atoms with Crippen LogP contribution in [0.25, 0.3) is 0 Å². The molecule has 2 amide bonds. The topological polar surface area (TPSA) is 91.4 Å². The molecule has 1 aromatic carbocycles. The summed E-state index contributed by atoms with van der Waals surface area (Å²) in [7, 11) is 1.49. The van der Waals surface area contributed by atoms with E-state index >= 15 is 0 Å². The predicted molar refractivity (Wildman–Crippen MR) is 75.4 cm³/mol. The van der Waals surface area contributed by atoms with Crippen molar-refractivity contribution in [1.29, 1.82) is 5.41 Å². The lowest BCUT2D eigenvalue weighted by Crippen LogP contribution is -2.39. The number of hydrogen-bond donors (Lipinski definition) is 3. The Bertz CT molecular complexity index is 511. The SMILES string of the molecule is COCCN(CCC(=N)N)C(=O)Nc1ccc(F)cc1F. The summed E-state index contributed by atoms with van der Waals surface area (Å²) in [5.74, 6) is -1.64. The van der Waals surface area contributed by atoms with Crippen molar-refractivity contribution >= 4 is 17.6 Å². The summed E-state index contributed by atoms with van der Waals surface area (Å²) in [6.07, 6.45) is 0.197. The van der Waals surface area contributed by atoms with Crippen molar-refractivity contribution in [3.63, 3.8) is 0 Å². The van der Waals surface area contributed by atoms with Gasteiger partial charge in [0.1, 0.15) is 11.6 Å². The number of ether oxygens (including phenoxy) is 1. The Morgan fingerprint density at radius 1 is 1.43 bits per heavy atom. The van der Waals surface area contributed by atoms with Crippen molar-refractivity contribution in [2.24, 2.45) is 5.73 Å². The van der Waals surface area contributed by atoms with Crippen LogP contribution in [0.4, 0.5) is 19.3 Å². The van der Waals surface area contributed by atoms with E-state index in [0.717, 1.165) is 12.1 Å². The summed E-state index contributed by atoms with van der Waals surface area (Å²) >= 11 is 0. The van der Waals surface area contributed by atoms with Crippen LogP contribution in [0.15, 0.2) is 18.2 Å². The Hall–Kier alpha value is -2.22. The minimum atomic E-state index is -0.860. The highest BCUT2D eigenvalue weighted by Crippen LogP contribution is 2.15. The lowest BCUT2D eigenvalue weighted by molar-refractivity contribution is 0.156. The van der Waals surface area contributed by atoms with E-state index in [0.29, 0.717) is 6.07 Å². The number of hydrogen-bond acceptors (Lipinski definition) is 3. The highest BCUT2D eigenvalue weighted by molar-refractivity contribution is 5.89. The van der Waals surface area contributed by atoms with Crippen molar-refractivity contribution in [1.82, 2.24) is 4.90 Å². The smallest absolute Gasteiger partial charge is 0.322 e. The lowest BCUT2D eigenvalue weighted by atomic mass is 10.3. The number of amidine groups is 1. The number of nitrogens with one attached hydrogen (secondary N) is 2. The third kappa shape index (κ3) is 5.74. The zero-order valence-corrected chi connectivity index (χ0v) is 11.7. The Kier molecular flexibility index (Phi) is 6.54. The standard InChI is InChI=1S/C13H18F2N4O2/c1-21-7-6-19(5-4-12(16)17)13(20)18-11-3-2-9(14)8-10(11)15/h2-3,8H,4-7H2,1H3,(H3,16,17)(H,18,20). The van der Waals surface area contributed by atoms with Gasteiger partial charge in [-0.2, -0.15) is 0 Å². The number of urea groups is 1. The molecular formula is C13H18F2N4O2. The van der Waals surface area contributed by atoms with Gasteiger partial charge in [0.25, 0.3) is 0 Å². The normalized spacial score (nSPS) is 10.2. The minimum Gasteiger partial charge on any atom is -0.388 e. The zero-order chi connectivity index (χ0) is 15.8. The average molecular weight is 300 g/mol. The Morgan fingerprint density at radius 2 is 2.14 bits per heavy atom. The van der Waals surface area contributed by atoms with Crippen LogP contribution in [0.2, 0.25) is 0 Å². The van der Waals surface area contributed by atoms with E-state index in [1.165, 1.54) is 12.0 Å². The molecule has 0 aliphatic rings. The molecule has 0 fully saturated rings. The van der Waals surface area contributed by atoms with Gasteiger partial charge in [-0.05, 0) is 12.1 Å². The van der Waals surface area contributed by atoms with Crippen LogP contribution < -0.4 is 11.1 Å². The Morgan fingerprint density at radius 3 is 2.71 bits per heavy atom. The first-order valence-electron chi connectivity index (χ1n) is 6.27. The van der Waals surface area contributed by atoms with E-state index in [9.17, 15) is 13.6 Å². The molecule has 0 saturated heterocycles. The molecule has 4 N–H and O–H groups in total. The molecular weight excluding hydrogens is 282 g/mol. The summed E-state index contributed by atoms with van der Waals surface area (Å²) in [5.41, 5.74) is 5.14. The maximum atomic E-state index is 13.5. The van der Waals surface area contributed by atoms with Crippen LogP contribution in [0.1, 0.15) is 6.42 Å². The van der Waals surface area contributed by atoms with E-state index in [1.807, 2.05) is 0 Å². The molecule has 1 rings (SSSR count). The van der Waals surface area contributed by atoms with Gasteiger partial charge in [-0.3, -0.25) is 5.41 Å². The number of amides is 2. The maximum absolute atomic E-state index is 13.5. The van der Waals surface area contributed by atoms with Gasteiger partial charge in [-0.25, -0.2) is 13.6 Å². The number of carbonyl (C=O) groups is 1. The first-order valence-corrected chi connectivity index (χ1v) is 6.27. The molecule has 0 saturated carbocycles. The third-order valence-electron chi connectivity index (χ3n) is 2.68. The minimum absolute atomic E-state index is 0.0572. The van der Waals surface area contributed by atoms with Gasteiger partial charge in [-0.15, -0.1) is 0 Å². The van der Waals surface area contributed by atoms with Crippen molar-refractivity contribution in [3.05, 3.63) is 29.8 Å². The number of rotatable bonds is 7. The second-order valence-corrected chi connectivity index (χ2v) is 4.31. The molecule has 1 aromatic rings. The van der Waals surface area contributed by atoms with Gasteiger partial charge in [0.2, 0.25) is 0 Å². The Labute approximate surface area is 121 Å². The number of benzene rings is 1. The van der Waals surface area contributed by atoms with Crippen LogP contribution in [0.3, 0.4) is 0 Å². The largest absolute Gasteiger partial charge is 0.388 e. The molecule has 6 nitrogen and oxygen atoms in total. The highest BCUT2D eigenvalue weighted by atomic mass is 19.1. The average Bonchev–Trinajstić information content (AvgIpc) is 2.41. The number of nitrogens with zero attached hydrogens (tertiary/aromatic N) is 1. The van der Waals surface area contributed by atoms with Crippen molar-refractivity contribution in [2.75, 3.05) is 32.1 Å². The summed E-state index contributed by atoms with van der Waals surface area (Å²) in [4.78, 5) is 13.4. The van der Waals surface area contributed by atoms with Crippen molar-refractivity contribution < 1.29 is 18.3 Å². The predicted octanol–water partition coefficient (Wildman–Crippen LogP) is 1.77. The number of nitrogens with two attached hydrogens (primary N) is 1. The zero-order valence-electron chi connectivity index (χ0n) is 11.7. The van der Waals surface area contributed by atoms with E-state index in [4.69, 9.17) is 15.9 Å². The van der Waals surface area contributed by atoms with Crippen LogP contribution in [-0.2, 0) is 4.74 Å². The van der Waals surface area contributed by atoms with Gasteiger partial charge in [0, 0.05) is 32.7 Å².